The summed E-state index contributed by atoms with van der Waals surface area (Å²) in [4.78, 5) is 27.2. The van der Waals surface area contributed by atoms with Crippen LogP contribution in [0.5, 0.6) is 11.5 Å². The summed E-state index contributed by atoms with van der Waals surface area (Å²) >= 11 is 0. The molecule has 0 saturated carbocycles. The van der Waals surface area contributed by atoms with E-state index in [4.69, 9.17) is 4.74 Å². The zero-order valence-electron chi connectivity index (χ0n) is 18.4. The normalized spacial score (nSPS) is 17.9. The van der Waals surface area contributed by atoms with Crippen molar-refractivity contribution in [3.05, 3.63) is 70.6 Å². The Labute approximate surface area is 182 Å². The summed E-state index contributed by atoms with van der Waals surface area (Å²) in [6, 6.07) is 14.3. The second-order valence-electron chi connectivity index (χ2n) is 9.65. The van der Waals surface area contributed by atoms with E-state index in [1.54, 1.807) is 30.5 Å². The third-order valence-corrected chi connectivity index (χ3v) is 5.61. The van der Waals surface area contributed by atoms with Crippen LogP contribution in [0.1, 0.15) is 50.9 Å². The summed E-state index contributed by atoms with van der Waals surface area (Å²) in [6.45, 7) is 8.67. The van der Waals surface area contributed by atoms with Crippen LogP contribution in [-0.4, -0.2) is 28.0 Å². The number of hydrogen-bond donors (Lipinski definition) is 3. The lowest BCUT2D eigenvalue weighted by molar-refractivity contribution is 0.0873. The van der Waals surface area contributed by atoms with Crippen LogP contribution in [0, 0.1) is 0 Å². The fraction of sp³-hybridized carbons (Fsp3) is 0.360. The lowest BCUT2D eigenvalue weighted by Crippen LogP contribution is -2.62. The van der Waals surface area contributed by atoms with E-state index < -0.39 is 0 Å². The minimum Gasteiger partial charge on any atom is -0.457 e. The SMILES string of the molecule is CC1(C)CC(NC(=O)c2ccc(Oc3cccc4c[nH]c(=O)cc34)cc2)CC(C)(C)N1. The second kappa shape index (κ2) is 7.85. The quantitative estimate of drug-likeness (QED) is 0.587. The van der Waals surface area contributed by atoms with E-state index in [2.05, 4.69) is 43.3 Å². The summed E-state index contributed by atoms with van der Waals surface area (Å²) in [5.74, 6) is 1.12. The molecule has 0 bridgehead atoms. The molecular weight excluding hydrogens is 390 g/mol. The number of rotatable bonds is 4. The lowest BCUT2D eigenvalue weighted by atomic mass is 9.79. The molecule has 0 aliphatic carbocycles. The molecule has 1 aliphatic heterocycles. The first-order valence-electron chi connectivity index (χ1n) is 10.6. The van der Waals surface area contributed by atoms with Crippen LogP contribution < -0.4 is 20.9 Å². The molecule has 162 valence electrons. The van der Waals surface area contributed by atoms with Gasteiger partial charge in [0.15, 0.2) is 0 Å². The number of fused-ring (bicyclic) bond motifs is 1. The first-order chi connectivity index (χ1) is 14.6. The molecule has 6 heteroatoms. The zero-order chi connectivity index (χ0) is 22.2. The standard InChI is InChI=1S/C25H29N3O3/c1-24(2)13-18(14-25(3,4)28-24)27-23(30)16-8-10-19(11-9-16)31-21-7-5-6-17-15-26-22(29)12-20(17)21/h5-12,15,18,28H,13-14H2,1-4H3,(H,26,29)(H,27,30). The van der Waals surface area contributed by atoms with Crippen molar-refractivity contribution in [3.8, 4) is 11.5 Å². The second-order valence-corrected chi connectivity index (χ2v) is 9.65. The van der Waals surface area contributed by atoms with Crippen molar-refractivity contribution in [1.82, 2.24) is 15.6 Å². The molecule has 1 fully saturated rings. The van der Waals surface area contributed by atoms with Crippen LogP contribution in [0.15, 0.2) is 59.5 Å². The van der Waals surface area contributed by atoms with E-state index in [9.17, 15) is 9.59 Å². The maximum Gasteiger partial charge on any atom is 0.251 e. The number of H-pyrrole nitrogens is 1. The number of pyridine rings is 1. The van der Waals surface area contributed by atoms with Crippen LogP contribution in [0.2, 0.25) is 0 Å². The van der Waals surface area contributed by atoms with Gasteiger partial charge in [-0.25, -0.2) is 0 Å². The van der Waals surface area contributed by atoms with Crippen molar-refractivity contribution in [2.24, 2.45) is 0 Å². The number of amides is 1. The zero-order valence-corrected chi connectivity index (χ0v) is 18.4. The summed E-state index contributed by atoms with van der Waals surface area (Å²) in [7, 11) is 0. The van der Waals surface area contributed by atoms with Crippen molar-refractivity contribution in [2.45, 2.75) is 57.7 Å². The van der Waals surface area contributed by atoms with E-state index in [1.807, 2.05) is 18.2 Å². The lowest BCUT2D eigenvalue weighted by Gasteiger charge is -2.46. The van der Waals surface area contributed by atoms with Crippen molar-refractivity contribution in [2.75, 3.05) is 0 Å². The number of piperidine rings is 1. The van der Waals surface area contributed by atoms with Gasteiger partial charge in [0.1, 0.15) is 11.5 Å². The third-order valence-electron chi connectivity index (χ3n) is 5.61. The maximum atomic E-state index is 12.8. The van der Waals surface area contributed by atoms with Crippen molar-refractivity contribution < 1.29 is 9.53 Å². The number of benzene rings is 2. The van der Waals surface area contributed by atoms with E-state index in [0.29, 0.717) is 17.1 Å². The average Bonchev–Trinajstić information content (AvgIpc) is 2.66. The van der Waals surface area contributed by atoms with Gasteiger partial charge < -0.3 is 20.4 Å². The van der Waals surface area contributed by atoms with Crippen LogP contribution in [0.25, 0.3) is 10.8 Å². The van der Waals surface area contributed by atoms with Gasteiger partial charge >= 0.3 is 0 Å². The fourth-order valence-corrected chi connectivity index (χ4v) is 4.75. The highest BCUT2D eigenvalue weighted by Gasteiger charge is 2.38. The minimum absolute atomic E-state index is 0.0302. The molecule has 2 aromatic carbocycles. The molecule has 1 aliphatic rings. The van der Waals surface area contributed by atoms with Gasteiger partial charge in [0.25, 0.3) is 5.91 Å². The Bertz CT molecular complexity index is 1150. The molecule has 0 spiro atoms. The predicted octanol–water partition coefficient (Wildman–Crippen LogP) is 4.36. The molecule has 0 atom stereocenters. The topological polar surface area (TPSA) is 83.2 Å². The number of nitrogens with one attached hydrogen (secondary N) is 3. The first-order valence-corrected chi connectivity index (χ1v) is 10.6. The molecular formula is C25H29N3O3. The van der Waals surface area contributed by atoms with Gasteiger partial charge in [0.2, 0.25) is 5.56 Å². The first kappa shape index (κ1) is 21.1. The van der Waals surface area contributed by atoms with E-state index in [-0.39, 0.29) is 28.6 Å². The van der Waals surface area contributed by atoms with Gasteiger partial charge in [-0.3, -0.25) is 9.59 Å². The number of carbonyl (C=O) groups excluding carboxylic acids is 1. The van der Waals surface area contributed by atoms with E-state index in [0.717, 1.165) is 23.6 Å². The third kappa shape index (κ3) is 4.97. The van der Waals surface area contributed by atoms with Crippen LogP contribution >= 0.6 is 0 Å². The highest BCUT2D eigenvalue weighted by atomic mass is 16.5. The Morgan fingerprint density at radius 2 is 1.71 bits per heavy atom. The molecule has 3 N–H and O–H groups in total. The number of aromatic amines is 1. The molecule has 1 aromatic heterocycles. The molecule has 1 amide bonds. The van der Waals surface area contributed by atoms with Gasteiger partial charge in [-0.2, -0.15) is 0 Å². The summed E-state index contributed by atoms with van der Waals surface area (Å²) in [5, 5.41) is 8.45. The van der Waals surface area contributed by atoms with Crippen LogP contribution in [-0.2, 0) is 0 Å². The van der Waals surface area contributed by atoms with Gasteiger partial charge in [-0.1, -0.05) is 12.1 Å². The molecule has 4 rings (SSSR count). The number of aromatic nitrogens is 1. The van der Waals surface area contributed by atoms with Gasteiger partial charge in [-0.05, 0) is 70.9 Å². The molecule has 0 unspecified atom stereocenters. The largest absolute Gasteiger partial charge is 0.457 e. The Balaban J connectivity index is 1.47. The van der Waals surface area contributed by atoms with E-state index in [1.165, 1.54) is 6.07 Å². The fourth-order valence-electron chi connectivity index (χ4n) is 4.75. The van der Waals surface area contributed by atoms with E-state index >= 15 is 0 Å². The highest BCUT2D eigenvalue weighted by Crippen LogP contribution is 2.30. The smallest absolute Gasteiger partial charge is 0.251 e. The monoisotopic (exact) mass is 419 g/mol. The minimum atomic E-state index is -0.181. The van der Waals surface area contributed by atoms with Gasteiger partial charge in [-0.15, -0.1) is 0 Å². The van der Waals surface area contributed by atoms with Crippen molar-refractivity contribution >= 4 is 16.7 Å². The molecule has 1 saturated heterocycles. The molecule has 3 aromatic rings. The molecule has 2 heterocycles. The molecule has 6 nitrogen and oxygen atoms in total. The highest BCUT2D eigenvalue weighted by molar-refractivity contribution is 5.94. The van der Waals surface area contributed by atoms with Crippen LogP contribution in [0.4, 0.5) is 0 Å². The predicted molar refractivity (Wildman–Crippen MR) is 123 cm³/mol. The van der Waals surface area contributed by atoms with Crippen molar-refractivity contribution in [3.63, 3.8) is 0 Å². The maximum absolute atomic E-state index is 12.8. The average molecular weight is 420 g/mol. The Hall–Kier alpha value is -3.12. The Morgan fingerprint density at radius 3 is 2.39 bits per heavy atom. The van der Waals surface area contributed by atoms with Crippen LogP contribution in [0.3, 0.4) is 0 Å². The van der Waals surface area contributed by atoms with Crippen molar-refractivity contribution in [1.29, 1.82) is 0 Å². The number of hydrogen-bond acceptors (Lipinski definition) is 4. The van der Waals surface area contributed by atoms with Gasteiger partial charge in [0.05, 0.1) is 0 Å². The summed E-state index contributed by atoms with van der Waals surface area (Å²) in [5.41, 5.74) is 0.352. The summed E-state index contributed by atoms with van der Waals surface area (Å²) in [6.07, 6.45) is 3.43. The molecule has 31 heavy (non-hydrogen) atoms. The van der Waals surface area contributed by atoms with Gasteiger partial charge in [0, 0.05) is 45.7 Å². The number of carbonyl (C=O) groups is 1. The number of ether oxygens (including phenoxy) is 1. The Kier molecular flexibility index (Phi) is 5.35. The molecule has 0 radical (unpaired) electrons. The Morgan fingerprint density at radius 1 is 1.03 bits per heavy atom. The summed E-state index contributed by atoms with van der Waals surface area (Å²) < 4.78 is 5.99.